The third-order valence-electron chi connectivity index (χ3n) is 4.69. The van der Waals surface area contributed by atoms with E-state index in [4.69, 9.17) is 4.74 Å². The van der Waals surface area contributed by atoms with Crippen LogP contribution in [0.1, 0.15) is 11.1 Å². The molecule has 2 aromatic carbocycles. The van der Waals surface area contributed by atoms with E-state index in [-0.39, 0.29) is 19.7 Å². The number of benzene rings is 2. The van der Waals surface area contributed by atoms with Crippen molar-refractivity contribution in [3.8, 4) is 0 Å². The molecule has 2 aromatic rings. The van der Waals surface area contributed by atoms with Gasteiger partial charge in [-0.1, -0.05) is 73.3 Å². The van der Waals surface area contributed by atoms with Crippen LogP contribution in [-0.2, 0) is 27.4 Å². The molecule has 1 aliphatic heterocycles. The molecule has 7 nitrogen and oxygen atoms in total. The monoisotopic (exact) mass is 394 g/mol. The molecular weight excluding hydrogens is 372 g/mol. The molecule has 1 N–H and O–H groups in total. The highest BCUT2D eigenvalue weighted by Gasteiger charge is 2.53. The van der Waals surface area contributed by atoms with Gasteiger partial charge in [0, 0.05) is 13.1 Å². The van der Waals surface area contributed by atoms with E-state index in [0.717, 1.165) is 11.1 Å². The Morgan fingerprint density at radius 3 is 1.86 bits per heavy atom. The quantitative estimate of drug-likeness (QED) is 0.549. The van der Waals surface area contributed by atoms with Gasteiger partial charge in [-0.05, 0) is 11.1 Å². The molecule has 0 spiro atoms. The SMILES string of the molecule is C=CCOC(=O)[C@H]1[C@@H](C(=O)O)N(Cc2ccccc2)C(=O)N1Cc1ccccc1. The molecule has 0 unspecified atom stereocenters. The van der Waals surface area contributed by atoms with Gasteiger partial charge in [0.15, 0.2) is 12.1 Å². The normalized spacial score (nSPS) is 18.6. The second-order valence-corrected chi connectivity index (χ2v) is 6.66. The van der Waals surface area contributed by atoms with Crippen molar-refractivity contribution in [3.05, 3.63) is 84.4 Å². The predicted octanol–water partition coefficient (Wildman–Crippen LogP) is 2.68. The van der Waals surface area contributed by atoms with Crippen LogP contribution in [0.25, 0.3) is 0 Å². The van der Waals surface area contributed by atoms with Gasteiger partial charge < -0.3 is 19.6 Å². The van der Waals surface area contributed by atoms with Crippen LogP contribution >= 0.6 is 0 Å². The number of rotatable bonds is 8. The summed E-state index contributed by atoms with van der Waals surface area (Å²) in [6.07, 6.45) is 1.40. The van der Waals surface area contributed by atoms with E-state index in [1.807, 2.05) is 48.5 Å². The summed E-state index contributed by atoms with van der Waals surface area (Å²) in [5, 5.41) is 9.86. The Balaban J connectivity index is 1.96. The van der Waals surface area contributed by atoms with E-state index in [2.05, 4.69) is 6.58 Å². The molecule has 0 bridgehead atoms. The van der Waals surface area contributed by atoms with Gasteiger partial charge in [0.25, 0.3) is 0 Å². The molecular formula is C22H22N2O5. The molecule has 0 saturated carbocycles. The fraction of sp³-hybridized carbons (Fsp3) is 0.227. The third-order valence-corrected chi connectivity index (χ3v) is 4.69. The number of esters is 1. The van der Waals surface area contributed by atoms with Gasteiger partial charge in [-0.25, -0.2) is 14.4 Å². The van der Waals surface area contributed by atoms with Crippen LogP contribution in [0.5, 0.6) is 0 Å². The van der Waals surface area contributed by atoms with Crippen molar-refractivity contribution >= 4 is 18.0 Å². The first-order valence-electron chi connectivity index (χ1n) is 9.18. The lowest BCUT2D eigenvalue weighted by Gasteiger charge is -2.23. The van der Waals surface area contributed by atoms with E-state index >= 15 is 0 Å². The van der Waals surface area contributed by atoms with Crippen molar-refractivity contribution in [1.82, 2.24) is 9.80 Å². The molecule has 7 heteroatoms. The highest BCUT2D eigenvalue weighted by atomic mass is 16.5. The number of ether oxygens (including phenoxy) is 1. The topological polar surface area (TPSA) is 87.1 Å². The molecule has 1 saturated heterocycles. The van der Waals surface area contributed by atoms with Crippen LogP contribution in [-0.4, -0.2) is 51.6 Å². The average molecular weight is 394 g/mol. The summed E-state index contributed by atoms with van der Waals surface area (Å²) in [6, 6.07) is 15.0. The lowest BCUT2D eigenvalue weighted by molar-refractivity contribution is -0.154. The highest BCUT2D eigenvalue weighted by Crippen LogP contribution is 2.28. The van der Waals surface area contributed by atoms with Gasteiger partial charge in [-0.3, -0.25) is 0 Å². The van der Waals surface area contributed by atoms with Crippen LogP contribution in [0.4, 0.5) is 4.79 Å². The molecule has 1 aliphatic rings. The summed E-state index contributed by atoms with van der Waals surface area (Å²) in [5.41, 5.74) is 1.56. The van der Waals surface area contributed by atoms with Crippen molar-refractivity contribution in [2.75, 3.05) is 6.61 Å². The maximum absolute atomic E-state index is 13.2. The van der Waals surface area contributed by atoms with Gasteiger partial charge in [0.05, 0.1) is 0 Å². The lowest BCUT2D eigenvalue weighted by Crippen LogP contribution is -2.48. The Bertz CT molecular complexity index is 885. The molecule has 1 heterocycles. The number of nitrogens with zero attached hydrogens (tertiary/aromatic N) is 2. The highest BCUT2D eigenvalue weighted by molar-refractivity contribution is 5.96. The van der Waals surface area contributed by atoms with Crippen molar-refractivity contribution in [3.63, 3.8) is 0 Å². The zero-order valence-electron chi connectivity index (χ0n) is 15.8. The fourth-order valence-electron chi connectivity index (χ4n) is 3.39. The molecule has 0 aromatic heterocycles. The summed E-state index contributed by atoms with van der Waals surface area (Å²) >= 11 is 0. The van der Waals surface area contributed by atoms with E-state index in [1.165, 1.54) is 15.9 Å². The summed E-state index contributed by atoms with van der Waals surface area (Å²) in [6.45, 7) is 3.62. The minimum atomic E-state index is -1.36. The zero-order valence-corrected chi connectivity index (χ0v) is 15.8. The van der Waals surface area contributed by atoms with Crippen LogP contribution in [0.3, 0.4) is 0 Å². The summed E-state index contributed by atoms with van der Waals surface area (Å²) in [7, 11) is 0. The second kappa shape index (κ2) is 9.05. The molecule has 3 rings (SSSR count). The van der Waals surface area contributed by atoms with Gasteiger partial charge in [0.2, 0.25) is 0 Å². The molecule has 150 valence electrons. The third kappa shape index (κ3) is 4.45. The number of carboxylic acids is 1. The molecule has 1 fully saturated rings. The van der Waals surface area contributed by atoms with E-state index in [9.17, 15) is 19.5 Å². The Hall–Kier alpha value is -3.61. The minimum absolute atomic E-state index is 0.0618. The number of amides is 2. The van der Waals surface area contributed by atoms with E-state index < -0.39 is 30.1 Å². The van der Waals surface area contributed by atoms with Gasteiger partial charge in [0.1, 0.15) is 6.61 Å². The molecule has 0 radical (unpaired) electrons. The van der Waals surface area contributed by atoms with Crippen LogP contribution in [0.15, 0.2) is 73.3 Å². The van der Waals surface area contributed by atoms with Crippen molar-refractivity contribution in [2.45, 2.75) is 25.2 Å². The van der Waals surface area contributed by atoms with Gasteiger partial charge >= 0.3 is 18.0 Å². The largest absolute Gasteiger partial charge is 0.480 e. The number of carboxylic acid groups (broad SMARTS) is 1. The van der Waals surface area contributed by atoms with Crippen molar-refractivity contribution in [2.24, 2.45) is 0 Å². The minimum Gasteiger partial charge on any atom is -0.480 e. The van der Waals surface area contributed by atoms with Gasteiger partial charge in [-0.2, -0.15) is 0 Å². The first kappa shape index (κ1) is 20.1. The summed E-state index contributed by atoms with van der Waals surface area (Å²) in [5.74, 6) is -2.03. The number of carbonyl (C=O) groups is 3. The standard InChI is InChI=1S/C22H22N2O5/c1-2-13-29-21(27)19-18(20(25)26)23(14-16-9-5-3-6-10-16)22(28)24(19)15-17-11-7-4-8-12-17/h2-12,18-19H,1,13-15H2,(H,25,26)/t18-,19+/m0/s1. The van der Waals surface area contributed by atoms with E-state index in [1.54, 1.807) is 12.1 Å². The van der Waals surface area contributed by atoms with Crippen molar-refractivity contribution in [1.29, 1.82) is 0 Å². The zero-order chi connectivity index (χ0) is 20.8. The maximum Gasteiger partial charge on any atom is 0.332 e. The summed E-state index contributed by atoms with van der Waals surface area (Å²) in [4.78, 5) is 40.4. The Morgan fingerprint density at radius 2 is 1.41 bits per heavy atom. The predicted molar refractivity (Wildman–Crippen MR) is 106 cm³/mol. The van der Waals surface area contributed by atoms with E-state index in [0.29, 0.717) is 0 Å². The molecule has 0 aliphatic carbocycles. The molecule has 2 amide bonds. The number of hydrogen-bond acceptors (Lipinski definition) is 4. The van der Waals surface area contributed by atoms with Crippen LogP contribution < -0.4 is 0 Å². The maximum atomic E-state index is 13.2. The summed E-state index contributed by atoms with van der Waals surface area (Å²) < 4.78 is 5.13. The van der Waals surface area contributed by atoms with Crippen molar-refractivity contribution < 1.29 is 24.2 Å². The molecule has 29 heavy (non-hydrogen) atoms. The first-order chi connectivity index (χ1) is 14.0. The first-order valence-corrected chi connectivity index (χ1v) is 9.18. The van der Waals surface area contributed by atoms with Crippen LogP contribution in [0, 0.1) is 0 Å². The fourth-order valence-corrected chi connectivity index (χ4v) is 3.39. The Kier molecular flexibility index (Phi) is 6.29. The second-order valence-electron chi connectivity index (χ2n) is 6.66. The van der Waals surface area contributed by atoms with Gasteiger partial charge in [-0.15, -0.1) is 0 Å². The average Bonchev–Trinajstić information content (AvgIpc) is 3.00. The molecule has 2 atom stereocenters. The van der Waals surface area contributed by atoms with Crippen LogP contribution in [0.2, 0.25) is 0 Å². The number of urea groups is 1. The number of hydrogen-bond donors (Lipinski definition) is 1. The smallest absolute Gasteiger partial charge is 0.332 e. The number of carbonyl (C=O) groups excluding carboxylic acids is 2. The Morgan fingerprint density at radius 1 is 0.931 bits per heavy atom. The lowest BCUT2D eigenvalue weighted by atomic mass is 10.1. The Labute approximate surface area is 168 Å². The number of aliphatic carboxylic acids is 1.